The van der Waals surface area contributed by atoms with Crippen LogP contribution in [0.4, 0.5) is 5.69 Å². The van der Waals surface area contributed by atoms with Crippen LogP contribution >= 0.6 is 11.8 Å². The van der Waals surface area contributed by atoms with Gasteiger partial charge < -0.3 is 9.47 Å². The smallest absolute Gasteiger partial charge is 0.430 e. The summed E-state index contributed by atoms with van der Waals surface area (Å²) >= 11 is 1.67. The molecule has 0 atom stereocenters. The Kier molecular flexibility index (Phi) is 5.64. The van der Waals surface area contributed by atoms with Gasteiger partial charge in [0.15, 0.2) is 4.98 Å². The Morgan fingerprint density at radius 3 is 2.29 bits per heavy atom. The van der Waals surface area contributed by atoms with Crippen LogP contribution in [0.3, 0.4) is 0 Å². The van der Waals surface area contributed by atoms with Crippen LogP contribution in [0.1, 0.15) is 20.8 Å². The van der Waals surface area contributed by atoms with Gasteiger partial charge in [-0.2, -0.15) is 0 Å². The highest BCUT2D eigenvalue weighted by atomic mass is 32.2. The predicted octanol–water partition coefficient (Wildman–Crippen LogP) is 4.08. The molecule has 0 amide bonds. The molecule has 1 rings (SSSR count). The van der Waals surface area contributed by atoms with E-state index in [1.807, 2.05) is 19.9 Å². The van der Waals surface area contributed by atoms with Gasteiger partial charge in [0.25, 0.3) is 0 Å². The highest BCUT2D eigenvalue weighted by molar-refractivity contribution is 7.99. The fourth-order valence-corrected chi connectivity index (χ4v) is 2.18. The van der Waals surface area contributed by atoms with Gasteiger partial charge in [-0.1, -0.05) is 6.92 Å². The Bertz CT molecular complexity index is 416. The number of ether oxygens (including phenoxy) is 2. The molecule has 0 spiro atoms. The summed E-state index contributed by atoms with van der Waals surface area (Å²) in [5.41, 5.74) is 0.399. The number of hydrogen-bond donors (Lipinski definition) is 0. The standard InChI is InChI=1S/C12H17N2O2S/c1-4-15-10-8-12(17-6-3)11(16-5-2)7-9(10)14-13/h7-8H,4-6H2,1-3H3/q+1. The van der Waals surface area contributed by atoms with Crippen LogP contribution in [0.5, 0.6) is 11.5 Å². The van der Waals surface area contributed by atoms with Crippen molar-refractivity contribution in [3.05, 3.63) is 17.1 Å². The topological polar surface area (TPSA) is 46.6 Å². The van der Waals surface area contributed by atoms with Crippen LogP contribution in [0.15, 0.2) is 17.0 Å². The van der Waals surface area contributed by atoms with Crippen molar-refractivity contribution in [2.45, 2.75) is 25.7 Å². The summed E-state index contributed by atoms with van der Waals surface area (Å²) in [7, 11) is 0. The van der Waals surface area contributed by atoms with E-state index in [0.717, 1.165) is 16.4 Å². The highest BCUT2D eigenvalue weighted by Gasteiger charge is 2.20. The van der Waals surface area contributed by atoms with Crippen molar-refractivity contribution in [1.82, 2.24) is 0 Å². The van der Waals surface area contributed by atoms with Gasteiger partial charge in [-0.15, -0.1) is 11.8 Å². The molecule has 0 saturated carbocycles. The van der Waals surface area contributed by atoms with Crippen LogP contribution < -0.4 is 9.47 Å². The molecule has 1 aromatic rings. The van der Waals surface area contributed by atoms with Gasteiger partial charge in [-0.05, 0) is 19.6 Å². The van der Waals surface area contributed by atoms with Gasteiger partial charge in [0.1, 0.15) is 5.75 Å². The third kappa shape index (κ3) is 3.53. The Morgan fingerprint density at radius 1 is 1.12 bits per heavy atom. The summed E-state index contributed by atoms with van der Waals surface area (Å²) in [4.78, 5) is 4.22. The molecule has 0 N–H and O–H groups in total. The summed E-state index contributed by atoms with van der Waals surface area (Å²) in [6.45, 7) is 7.00. The lowest BCUT2D eigenvalue weighted by molar-refractivity contribution is 0.325. The average Bonchev–Trinajstić information content (AvgIpc) is 2.33. The van der Waals surface area contributed by atoms with Gasteiger partial charge >= 0.3 is 5.69 Å². The molecule has 0 aromatic heterocycles. The third-order valence-electron chi connectivity index (χ3n) is 2.03. The third-order valence-corrected chi connectivity index (χ3v) is 2.95. The van der Waals surface area contributed by atoms with Crippen LogP contribution in [0.25, 0.3) is 4.98 Å². The molecule has 0 radical (unpaired) electrons. The maximum Gasteiger partial charge on any atom is 0.430 e. The van der Waals surface area contributed by atoms with E-state index in [-0.39, 0.29) is 0 Å². The molecule has 0 aliphatic carbocycles. The lowest BCUT2D eigenvalue weighted by Crippen LogP contribution is -1.96. The van der Waals surface area contributed by atoms with E-state index in [2.05, 4.69) is 11.9 Å². The first kappa shape index (κ1) is 13.7. The molecular weight excluding hydrogens is 236 g/mol. The molecule has 0 heterocycles. The Balaban J connectivity index is 3.17. The van der Waals surface area contributed by atoms with Crippen LogP contribution in [-0.2, 0) is 0 Å². The zero-order chi connectivity index (χ0) is 12.7. The molecule has 0 aliphatic heterocycles. The first-order valence-corrected chi connectivity index (χ1v) is 6.66. The molecule has 0 bridgehead atoms. The van der Waals surface area contributed by atoms with Crippen molar-refractivity contribution in [2.24, 2.45) is 0 Å². The summed E-state index contributed by atoms with van der Waals surface area (Å²) in [6, 6.07) is 3.56. The van der Waals surface area contributed by atoms with Crippen LogP contribution in [0, 0.1) is 5.39 Å². The molecule has 1 aromatic carbocycles. The van der Waals surface area contributed by atoms with Crippen molar-refractivity contribution >= 4 is 17.4 Å². The van der Waals surface area contributed by atoms with Crippen molar-refractivity contribution in [3.63, 3.8) is 0 Å². The minimum atomic E-state index is 0.399. The molecule has 0 fully saturated rings. The maximum absolute atomic E-state index is 8.94. The average molecular weight is 253 g/mol. The second-order valence-corrected chi connectivity index (χ2v) is 4.47. The lowest BCUT2D eigenvalue weighted by atomic mass is 10.3. The number of benzene rings is 1. The lowest BCUT2D eigenvalue weighted by Gasteiger charge is -2.09. The van der Waals surface area contributed by atoms with Crippen molar-refractivity contribution in [3.8, 4) is 11.5 Å². The number of thioether (sulfide) groups is 1. The van der Waals surface area contributed by atoms with Crippen molar-refractivity contribution < 1.29 is 9.47 Å². The van der Waals surface area contributed by atoms with Crippen molar-refractivity contribution in [1.29, 1.82) is 5.39 Å². The molecule has 17 heavy (non-hydrogen) atoms. The van der Waals surface area contributed by atoms with E-state index in [9.17, 15) is 0 Å². The Morgan fingerprint density at radius 2 is 1.76 bits per heavy atom. The Labute approximate surface area is 106 Å². The van der Waals surface area contributed by atoms with Crippen LogP contribution in [0.2, 0.25) is 0 Å². The fraction of sp³-hybridized carbons (Fsp3) is 0.500. The van der Waals surface area contributed by atoms with E-state index < -0.39 is 0 Å². The first-order chi connectivity index (χ1) is 8.26. The number of diazo groups is 1. The summed E-state index contributed by atoms with van der Waals surface area (Å²) < 4.78 is 10.9. The quantitative estimate of drug-likeness (QED) is 0.566. The van der Waals surface area contributed by atoms with E-state index in [1.54, 1.807) is 17.8 Å². The molecular formula is C12H17N2O2S+. The molecule has 0 aliphatic rings. The molecule has 4 nitrogen and oxygen atoms in total. The second-order valence-electron chi connectivity index (χ2n) is 3.17. The van der Waals surface area contributed by atoms with E-state index in [0.29, 0.717) is 24.7 Å². The fourth-order valence-electron chi connectivity index (χ4n) is 1.42. The molecule has 0 unspecified atom stereocenters. The van der Waals surface area contributed by atoms with Crippen LogP contribution in [-0.4, -0.2) is 19.0 Å². The van der Waals surface area contributed by atoms with Gasteiger partial charge in [-0.3, -0.25) is 0 Å². The largest absolute Gasteiger partial charge is 0.492 e. The van der Waals surface area contributed by atoms with Gasteiger partial charge in [0.2, 0.25) is 11.1 Å². The van der Waals surface area contributed by atoms with E-state index in [4.69, 9.17) is 14.9 Å². The zero-order valence-electron chi connectivity index (χ0n) is 10.4. The number of hydrogen-bond acceptors (Lipinski definition) is 4. The predicted molar refractivity (Wildman–Crippen MR) is 69.9 cm³/mol. The SMILES string of the molecule is CCOc1cc(SCC)c(OCC)cc1[N+]#N. The normalized spacial score (nSPS) is 9.76. The minimum absolute atomic E-state index is 0.399. The number of nitrogens with zero attached hydrogens (tertiary/aromatic N) is 2. The van der Waals surface area contributed by atoms with Gasteiger partial charge in [-0.25, -0.2) is 0 Å². The zero-order valence-corrected chi connectivity index (χ0v) is 11.2. The Hall–Kier alpha value is -1.41. The summed E-state index contributed by atoms with van der Waals surface area (Å²) in [5.74, 6) is 2.26. The molecule has 5 heteroatoms. The van der Waals surface area contributed by atoms with Crippen molar-refractivity contribution in [2.75, 3.05) is 19.0 Å². The summed E-state index contributed by atoms with van der Waals surface area (Å²) in [6.07, 6.45) is 0. The second kappa shape index (κ2) is 7.02. The summed E-state index contributed by atoms with van der Waals surface area (Å²) in [5, 5.41) is 8.94. The number of rotatable bonds is 6. The van der Waals surface area contributed by atoms with E-state index in [1.165, 1.54) is 0 Å². The monoisotopic (exact) mass is 253 g/mol. The van der Waals surface area contributed by atoms with Gasteiger partial charge in [0.05, 0.1) is 24.2 Å². The molecule has 92 valence electrons. The van der Waals surface area contributed by atoms with Gasteiger partial charge in [0, 0.05) is 6.07 Å². The first-order valence-electron chi connectivity index (χ1n) is 5.68. The van der Waals surface area contributed by atoms with E-state index >= 15 is 0 Å². The molecule has 0 saturated heterocycles. The highest BCUT2D eigenvalue weighted by Crippen LogP contribution is 2.40. The minimum Gasteiger partial charge on any atom is -0.492 e. The maximum atomic E-state index is 8.94.